The molecule has 0 saturated heterocycles. The largest absolute Gasteiger partial charge is 0.493 e. The maximum atomic E-state index is 5.34. The van der Waals surface area contributed by atoms with Gasteiger partial charge in [0.2, 0.25) is 5.13 Å². The van der Waals surface area contributed by atoms with Crippen LogP contribution in [0.5, 0.6) is 11.5 Å². The first-order valence-corrected chi connectivity index (χ1v) is 9.88. The second kappa shape index (κ2) is 9.40. The van der Waals surface area contributed by atoms with Gasteiger partial charge in [0.05, 0.1) is 14.2 Å². The van der Waals surface area contributed by atoms with Crippen molar-refractivity contribution in [3.05, 3.63) is 53.9 Å². The molecule has 0 atom stereocenters. The lowest BCUT2D eigenvalue weighted by Gasteiger charge is -2.09. The summed E-state index contributed by atoms with van der Waals surface area (Å²) in [7, 11) is 3.28. The molecule has 3 rings (SSSR count). The van der Waals surface area contributed by atoms with Crippen LogP contribution in [0.15, 0.2) is 47.1 Å². The first kappa shape index (κ1) is 18.5. The fraction of sp³-hybridized carbons (Fsp3) is 0.278. The van der Waals surface area contributed by atoms with E-state index in [0.29, 0.717) is 0 Å². The lowest BCUT2D eigenvalue weighted by atomic mass is 10.1. The molecule has 0 fully saturated rings. The Morgan fingerprint density at radius 3 is 2.73 bits per heavy atom. The van der Waals surface area contributed by atoms with Crippen molar-refractivity contribution in [3.8, 4) is 11.5 Å². The molecule has 6 nitrogen and oxygen atoms in total. The quantitative estimate of drug-likeness (QED) is 0.558. The molecule has 0 aliphatic heterocycles. The number of hydrogen-bond donors (Lipinski definition) is 1. The van der Waals surface area contributed by atoms with Crippen LogP contribution in [0.4, 0.5) is 5.13 Å². The van der Waals surface area contributed by atoms with E-state index >= 15 is 0 Å². The zero-order valence-corrected chi connectivity index (χ0v) is 16.3. The number of aromatic nitrogens is 3. The fourth-order valence-corrected chi connectivity index (χ4v) is 4.03. The third-order valence-corrected chi connectivity index (χ3v) is 5.71. The van der Waals surface area contributed by atoms with Gasteiger partial charge in [-0.15, -0.1) is 10.2 Å². The maximum absolute atomic E-state index is 5.34. The normalized spacial score (nSPS) is 10.5. The van der Waals surface area contributed by atoms with E-state index in [2.05, 4.69) is 26.6 Å². The number of thioether (sulfide) groups is 1. The van der Waals surface area contributed by atoms with Crippen LogP contribution in [0.2, 0.25) is 0 Å². The molecule has 0 aliphatic carbocycles. The average Bonchev–Trinajstić information content (AvgIpc) is 3.15. The number of hydrogen-bond acceptors (Lipinski definition) is 8. The van der Waals surface area contributed by atoms with E-state index in [1.54, 1.807) is 43.5 Å². The summed E-state index contributed by atoms with van der Waals surface area (Å²) in [5.74, 6) is 2.33. The van der Waals surface area contributed by atoms with Gasteiger partial charge in [-0.2, -0.15) is 0 Å². The van der Waals surface area contributed by atoms with Crippen molar-refractivity contribution in [2.75, 3.05) is 26.1 Å². The Morgan fingerprint density at radius 1 is 1.08 bits per heavy atom. The zero-order chi connectivity index (χ0) is 18.2. The van der Waals surface area contributed by atoms with E-state index in [1.807, 2.05) is 30.5 Å². The van der Waals surface area contributed by atoms with Crippen LogP contribution in [0.25, 0.3) is 0 Å². The van der Waals surface area contributed by atoms with Gasteiger partial charge in [-0.1, -0.05) is 35.2 Å². The van der Waals surface area contributed by atoms with Crippen molar-refractivity contribution in [3.63, 3.8) is 0 Å². The van der Waals surface area contributed by atoms with Gasteiger partial charge in [0.1, 0.15) is 0 Å². The Labute approximate surface area is 161 Å². The summed E-state index contributed by atoms with van der Waals surface area (Å²) in [5.41, 5.74) is 2.35. The molecule has 2 heterocycles. The van der Waals surface area contributed by atoms with Gasteiger partial charge in [-0.3, -0.25) is 4.98 Å². The molecule has 0 amide bonds. The minimum Gasteiger partial charge on any atom is -0.493 e. The molecule has 136 valence electrons. The minimum atomic E-state index is 0.739. The highest BCUT2D eigenvalue weighted by atomic mass is 32.2. The summed E-state index contributed by atoms with van der Waals surface area (Å²) >= 11 is 3.23. The molecule has 0 spiro atoms. The topological polar surface area (TPSA) is 69.2 Å². The maximum Gasteiger partial charge on any atom is 0.206 e. The monoisotopic (exact) mass is 388 g/mol. The molecule has 26 heavy (non-hydrogen) atoms. The summed E-state index contributed by atoms with van der Waals surface area (Å²) in [6, 6.07) is 9.96. The van der Waals surface area contributed by atoms with Crippen LogP contribution in [0.1, 0.15) is 11.1 Å². The van der Waals surface area contributed by atoms with E-state index in [4.69, 9.17) is 9.47 Å². The highest BCUT2D eigenvalue weighted by Crippen LogP contribution is 2.29. The van der Waals surface area contributed by atoms with Crippen LogP contribution < -0.4 is 14.8 Å². The van der Waals surface area contributed by atoms with E-state index < -0.39 is 0 Å². The van der Waals surface area contributed by atoms with E-state index in [0.717, 1.165) is 39.7 Å². The summed E-state index contributed by atoms with van der Waals surface area (Å²) < 4.78 is 11.5. The molecule has 1 N–H and O–H groups in total. The third kappa shape index (κ3) is 5.09. The second-order valence-electron chi connectivity index (χ2n) is 5.39. The lowest BCUT2D eigenvalue weighted by Crippen LogP contribution is -2.04. The van der Waals surface area contributed by atoms with Crippen molar-refractivity contribution in [2.45, 2.75) is 16.5 Å². The van der Waals surface area contributed by atoms with Gasteiger partial charge < -0.3 is 14.8 Å². The van der Waals surface area contributed by atoms with Gasteiger partial charge >= 0.3 is 0 Å². The predicted octanol–water partition coefficient (Wildman–Crippen LogP) is 3.90. The molecule has 0 bridgehead atoms. The molecule has 0 saturated carbocycles. The molecule has 0 radical (unpaired) electrons. The standard InChI is InChI=1S/C18H20N4O2S2/c1-23-15-6-5-13(10-16(15)24-2)7-9-20-17-21-22-18(26-17)25-12-14-4-3-8-19-11-14/h3-6,8,10-11H,7,9,12H2,1-2H3,(H,20,21). The van der Waals surface area contributed by atoms with E-state index in [-0.39, 0.29) is 0 Å². The van der Waals surface area contributed by atoms with Crippen molar-refractivity contribution in [1.82, 2.24) is 15.2 Å². The molecule has 1 aromatic carbocycles. The summed E-state index contributed by atoms with van der Waals surface area (Å²) in [6.07, 6.45) is 4.51. The van der Waals surface area contributed by atoms with Gasteiger partial charge in [0, 0.05) is 24.7 Å². The Hall–Kier alpha value is -2.32. The zero-order valence-electron chi connectivity index (χ0n) is 14.6. The number of pyridine rings is 1. The van der Waals surface area contributed by atoms with Crippen LogP contribution in [-0.4, -0.2) is 35.9 Å². The average molecular weight is 389 g/mol. The predicted molar refractivity (Wildman–Crippen MR) is 105 cm³/mol. The molecule has 3 aromatic rings. The van der Waals surface area contributed by atoms with Crippen LogP contribution in [-0.2, 0) is 12.2 Å². The number of nitrogens with one attached hydrogen (secondary N) is 1. The van der Waals surface area contributed by atoms with Gasteiger partial charge in [0.25, 0.3) is 0 Å². The Bertz CT molecular complexity index is 827. The first-order chi connectivity index (χ1) is 12.8. The number of methoxy groups -OCH3 is 2. The summed E-state index contributed by atoms with van der Waals surface area (Å²) in [5, 5.41) is 12.6. The lowest BCUT2D eigenvalue weighted by molar-refractivity contribution is 0.354. The number of ether oxygens (including phenoxy) is 2. The highest BCUT2D eigenvalue weighted by Gasteiger charge is 2.07. The highest BCUT2D eigenvalue weighted by molar-refractivity contribution is 8.00. The summed E-state index contributed by atoms with van der Waals surface area (Å²) in [6.45, 7) is 0.775. The van der Waals surface area contributed by atoms with E-state index in [1.165, 1.54) is 11.1 Å². The van der Waals surface area contributed by atoms with Crippen molar-refractivity contribution in [1.29, 1.82) is 0 Å². The molecular weight excluding hydrogens is 368 g/mol. The third-order valence-electron chi connectivity index (χ3n) is 3.63. The molecular formula is C18H20N4O2S2. The van der Waals surface area contributed by atoms with Crippen molar-refractivity contribution < 1.29 is 9.47 Å². The SMILES string of the molecule is COc1ccc(CCNc2nnc(SCc3cccnc3)s2)cc1OC. The molecule has 2 aromatic heterocycles. The molecule has 0 aliphatic rings. The second-order valence-corrected chi connectivity index (χ2v) is 7.59. The van der Waals surface area contributed by atoms with Crippen molar-refractivity contribution in [2.24, 2.45) is 0 Å². The number of anilines is 1. The number of nitrogens with zero attached hydrogens (tertiary/aromatic N) is 3. The number of rotatable bonds is 9. The van der Waals surface area contributed by atoms with Gasteiger partial charge in [-0.25, -0.2) is 0 Å². The van der Waals surface area contributed by atoms with E-state index in [9.17, 15) is 0 Å². The van der Waals surface area contributed by atoms with Gasteiger partial charge in [-0.05, 0) is 35.7 Å². The fourth-order valence-electron chi connectivity index (χ4n) is 2.32. The Morgan fingerprint density at radius 2 is 1.96 bits per heavy atom. The van der Waals surface area contributed by atoms with Crippen LogP contribution >= 0.6 is 23.1 Å². The number of benzene rings is 1. The Balaban J connectivity index is 1.47. The first-order valence-electron chi connectivity index (χ1n) is 8.08. The Kier molecular flexibility index (Phi) is 6.68. The van der Waals surface area contributed by atoms with Crippen LogP contribution in [0.3, 0.4) is 0 Å². The van der Waals surface area contributed by atoms with Crippen LogP contribution in [0, 0.1) is 0 Å². The molecule has 0 unspecified atom stereocenters. The summed E-state index contributed by atoms with van der Waals surface area (Å²) in [4.78, 5) is 4.12. The minimum absolute atomic E-state index is 0.739. The van der Waals surface area contributed by atoms with Crippen molar-refractivity contribution >= 4 is 28.2 Å². The smallest absolute Gasteiger partial charge is 0.206 e. The van der Waals surface area contributed by atoms with Gasteiger partial charge in [0.15, 0.2) is 15.8 Å². The molecule has 8 heteroatoms.